The first-order valence-electron chi connectivity index (χ1n) is 7.37. The van der Waals surface area contributed by atoms with Crippen LogP contribution in [-0.4, -0.2) is 0 Å². The predicted octanol–water partition coefficient (Wildman–Crippen LogP) is 4.91. The number of halogens is 2. The van der Waals surface area contributed by atoms with Gasteiger partial charge in [-0.2, -0.15) is 0 Å². The monoisotopic (exact) mass is 303 g/mol. The van der Waals surface area contributed by atoms with Gasteiger partial charge in [-0.25, -0.2) is 4.39 Å². The average Bonchev–Trinajstić information content (AvgIpc) is 2.49. The molecule has 2 atom stereocenters. The standard InChI is InChI=1S/C18H19ClFN/c1-11-9-15(16(19)10-17(11)20)18(21)14-8-4-6-12-5-2-3-7-13(12)14/h2-3,5,7,9-10,14,18H,4,6,8,21H2,1H3. The van der Waals surface area contributed by atoms with Gasteiger partial charge in [-0.05, 0) is 54.5 Å². The molecule has 0 aromatic heterocycles. The molecule has 3 heteroatoms. The largest absolute Gasteiger partial charge is 0.323 e. The first kappa shape index (κ1) is 14.6. The van der Waals surface area contributed by atoms with Crippen molar-refractivity contribution in [1.29, 1.82) is 0 Å². The number of hydrogen-bond donors (Lipinski definition) is 1. The number of aryl methyl sites for hydroxylation is 2. The van der Waals surface area contributed by atoms with Crippen LogP contribution in [0.2, 0.25) is 5.02 Å². The summed E-state index contributed by atoms with van der Waals surface area (Å²) < 4.78 is 13.6. The van der Waals surface area contributed by atoms with Gasteiger partial charge in [-0.15, -0.1) is 0 Å². The van der Waals surface area contributed by atoms with Crippen molar-refractivity contribution in [2.24, 2.45) is 5.73 Å². The van der Waals surface area contributed by atoms with Crippen LogP contribution in [0.25, 0.3) is 0 Å². The number of hydrogen-bond acceptors (Lipinski definition) is 1. The van der Waals surface area contributed by atoms with Gasteiger partial charge < -0.3 is 5.73 Å². The van der Waals surface area contributed by atoms with E-state index in [0.29, 0.717) is 10.6 Å². The molecule has 0 saturated heterocycles. The van der Waals surface area contributed by atoms with Crippen molar-refractivity contribution in [2.45, 2.75) is 38.1 Å². The summed E-state index contributed by atoms with van der Waals surface area (Å²) in [5.74, 6) is -0.0303. The van der Waals surface area contributed by atoms with Gasteiger partial charge in [0.15, 0.2) is 0 Å². The summed E-state index contributed by atoms with van der Waals surface area (Å²) in [5.41, 5.74) is 10.6. The third-order valence-corrected chi connectivity index (χ3v) is 4.81. The molecule has 0 aliphatic heterocycles. The van der Waals surface area contributed by atoms with Crippen LogP contribution in [0.4, 0.5) is 4.39 Å². The summed E-state index contributed by atoms with van der Waals surface area (Å²) in [6, 6.07) is 11.4. The molecule has 2 aromatic carbocycles. The summed E-state index contributed by atoms with van der Waals surface area (Å²) >= 11 is 6.22. The van der Waals surface area contributed by atoms with Gasteiger partial charge >= 0.3 is 0 Å². The van der Waals surface area contributed by atoms with E-state index in [0.717, 1.165) is 24.8 Å². The highest BCUT2D eigenvalue weighted by Gasteiger charge is 2.28. The highest BCUT2D eigenvalue weighted by Crippen LogP contribution is 2.41. The quantitative estimate of drug-likeness (QED) is 0.838. The summed E-state index contributed by atoms with van der Waals surface area (Å²) in [6.45, 7) is 1.75. The van der Waals surface area contributed by atoms with E-state index < -0.39 is 0 Å². The van der Waals surface area contributed by atoms with Gasteiger partial charge in [0.1, 0.15) is 5.82 Å². The Hall–Kier alpha value is -1.38. The summed E-state index contributed by atoms with van der Waals surface area (Å²) in [4.78, 5) is 0. The number of benzene rings is 2. The first-order chi connectivity index (χ1) is 10.1. The van der Waals surface area contributed by atoms with Crippen LogP contribution in [0.5, 0.6) is 0 Å². The van der Waals surface area contributed by atoms with Crippen LogP contribution < -0.4 is 5.73 Å². The van der Waals surface area contributed by atoms with E-state index in [1.54, 1.807) is 13.0 Å². The van der Waals surface area contributed by atoms with E-state index >= 15 is 0 Å². The lowest BCUT2D eigenvalue weighted by atomic mass is 9.77. The zero-order valence-electron chi connectivity index (χ0n) is 12.1. The molecule has 0 amide bonds. The minimum atomic E-state index is -0.278. The van der Waals surface area contributed by atoms with Gasteiger partial charge in [0.05, 0.1) is 0 Å². The number of fused-ring (bicyclic) bond motifs is 1. The fraction of sp³-hybridized carbons (Fsp3) is 0.333. The Morgan fingerprint density at radius 1 is 1.29 bits per heavy atom. The van der Waals surface area contributed by atoms with Crippen LogP contribution in [0.3, 0.4) is 0 Å². The van der Waals surface area contributed by atoms with Crippen molar-refractivity contribution in [3.05, 3.63) is 69.5 Å². The molecule has 0 fully saturated rings. The highest BCUT2D eigenvalue weighted by atomic mass is 35.5. The molecule has 0 spiro atoms. The van der Waals surface area contributed by atoms with Crippen LogP contribution >= 0.6 is 11.6 Å². The van der Waals surface area contributed by atoms with Crippen molar-refractivity contribution in [3.8, 4) is 0 Å². The highest BCUT2D eigenvalue weighted by molar-refractivity contribution is 6.31. The zero-order valence-corrected chi connectivity index (χ0v) is 12.8. The fourth-order valence-electron chi connectivity index (χ4n) is 3.32. The van der Waals surface area contributed by atoms with Crippen molar-refractivity contribution in [3.63, 3.8) is 0 Å². The van der Waals surface area contributed by atoms with E-state index in [4.69, 9.17) is 17.3 Å². The van der Waals surface area contributed by atoms with Gasteiger partial charge in [-0.3, -0.25) is 0 Å². The third-order valence-electron chi connectivity index (χ3n) is 4.49. The molecule has 1 aliphatic carbocycles. The van der Waals surface area contributed by atoms with Gasteiger partial charge in [0.25, 0.3) is 0 Å². The molecule has 0 saturated carbocycles. The first-order valence-corrected chi connectivity index (χ1v) is 7.74. The van der Waals surface area contributed by atoms with Crippen LogP contribution in [0.1, 0.15) is 47.1 Å². The molecule has 2 unspecified atom stereocenters. The lowest BCUT2D eigenvalue weighted by Gasteiger charge is -2.31. The van der Waals surface area contributed by atoms with Gasteiger partial charge in [0, 0.05) is 17.0 Å². The van der Waals surface area contributed by atoms with E-state index in [9.17, 15) is 4.39 Å². The van der Waals surface area contributed by atoms with Crippen molar-refractivity contribution in [2.75, 3.05) is 0 Å². The SMILES string of the molecule is Cc1cc(C(N)C2CCCc3ccccc32)c(Cl)cc1F. The molecule has 0 heterocycles. The maximum absolute atomic E-state index is 13.6. The average molecular weight is 304 g/mol. The molecule has 2 N–H and O–H groups in total. The maximum atomic E-state index is 13.6. The minimum absolute atomic E-state index is 0.196. The van der Waals surface area contributed by atoms with Gasteiger partial charge in [-0.1, -0.05) is 41.9 Å². The Morgan fingerprint density at radius 2 is 2.05 bits per heavy atom. The number of rotatable bonds is 2. The topological polar surface area (TPSA) is 26.0 Å². The molecule has 21 heavy (non-hydrogen) atoms. The Bertz CT molecular complexity index is 668. The van der Waals surface area contributed by atoms with Crippen LogP contribution in [-0.2, 0) is 6.42 Å². The fourth-order valence-corrected chi connectivity index (χ4v) is 3.59. The van der Waals surface area contributed by atoms with E-state index in [2.05, 4.69) is 24.3 Å². The third kappa shape index (κ3) is 2.70. The molecule has 0 bridgehead atoms. The van der Waals surface area contributed by atoms with Crippen LogP contribution in [0.15, 0.2) is 36.4 Å². The molecule has 0 radical (unpaired) electrons. The molecule has 3 rings (SSSR count). The van der Waals surface area contributed by atoms with E-state index in [1.165, 1.54) is 17.2 Å². The van der Waals surface area contributed by atoms with Crippen molar-refractivity contribution in [1.82, 2.24) is 0 Å². The van der Waals surface area contributed by atoms with E-state index in [-0.39, 0.29) is 17.8 Å². The summed E-state index contributed by atoms with van der Waals surface area (Å²) in [6.07, 6.45) is 3.29. The Morgan fingerprint density at radius 3 is 2.86 bits per heavy atom. The lowest BCUT2D eigenvalue weighted by molar-refractivity contribution is 0.474. The molecular formula is C18H19ClFN. The second kappa shape index (κ2) is 5.78. The summed E-state index contributed by atoms with van der Waals surface area (Å²) in [7, 11) is 0. The van der Waals surface area contributed by atoms with Gasteiger partial charge in [0.2, 0.25) is 0 Å². The normalized spacial score (nSPS) is 19.1. The van der Waals surface area contributed by atoms with Crippen molar-refractivity contribution < 1.29 is 4.39 Å². The zero-order chi connectivity index (χ0) is 15.0. The maximum Gasteiger partial charge on any atom is 0.127 e. The molecule has 2 aromatic rings. The molecule has 1 aliphatic rings. The lowest BCUT2D eigenvalue weighted by Crippen LogP contribution is -2.24. The second-order valence-electron chi connectivity index (χ2n) is 5.85. The Labute approximate surface area is 129 Å². The molecular weight excluding hydrogens is 285 g/mol. The van der Waals surface area contributed by atoms with Crippen LogP contribution in [0, 0.1) is 12.7 Å². The summed E-state index contributed by atoms with van der Waals surface area (Å²) in [5, 5.41) is 0.425. The predicted molar refractivity (Wildman–Crippen MR) is 85.2 cm³/mol. The van der Waals surface area contributed by atoms with E-state index in [1.807, 2.05) is 0 Å². The smallest absolute Gasteiger partial charge is 0.127 e. The van der Waals surface area contributed by atoms with Crippen molar-refractivity contribution >= 4 is 11.6 Å². The molecule has 1 nitrogen and oxygen atoms in total. The Kier molecular flexibility index (Phi) is 4.01. The second-order valence-corrected chi connectivity index (χ2v) is 6.25. The molecule has 110 valence electrons. The Balaban J connectivity index is 2.00. The number of nitrogens with two attached hydrogens (primary N) is 1. The minimum Gasteiger partial charge on any atom is -0.323 e.